The fourth-order valence-corrected chi connectivity index (χ4v) is 9.29. The van der Waals surface area contributed by atoms with Crippen molar-refractivity contribution >= 4 is 161 Å². The average Bonchev–Trinajstić information content (AvgIpc) is 1.35. The highest BCUT2D eigenvalue weighted by atomic mass is 35.5. The molecule has 524 valence electrons. The second-order valence-electron chi connectivity index (χ2n) is 21.6. The number of pyridine rings is 1. The molecule has 0 spiro atoms. The standard InChI is InChI=1S/C15H20ClN5O2.C12H13ClN4O.C11H13ClN4O2S.C9H7Cl2N3.C9H8FN3.C8H7ClN4/c1-15(2,3)23-14(22)17-8-10-7-11(16)5-6-12(10)18-13-9-21(4)20-19-13;1-8(18)15-5-9-4-10(13)2-3-11(9)17-12-6-14-7-16-12;1-19(17,18)15-5-8-4-9(12)2-3-10(8)16-11-6-13-7-14-11;10-7-2-1-6(3-8(7)11)14-9-4-12-5-13-9;10-7-1-3-8(4-2-7)13-9-5-11-6-12-9;9-7-2-1-6(3-11-7)13-8-4-10-5-12-8/h5-7,9,18H,8H2,1-4H3,(H,17,22);2-4,6-7,17H,5H2,1H3,(H,14,16)(H,15,18);2-4,6-7,15-16H,5H2,1H3,(H,13,14);1-5,14H,(H,12,13);1-6,13H,(H,11,12);1-5,13H,(H,10,12). The third-order valence-corrected chi connectivity index (χ3v) is 14.6. The van der Waals surface area contributed by atoms with E-state index < -0.39 is 21.7 Å². The molecule has 0 saturated carbocycles. The van der Waals surface area contributed by atoms with Crippen molar-refractivity contribution < 1.29 is 27.1 Å². The highest BCUT2D eigenvalue weighted by Crippen LogP contribution is 2.29. The number of imidazole rings is 5. The number of nitrogens with zero attached hydrogens (tertiary/aromatic N) is 9. The van der Waals surface area contributed by atoms with E-state index in [1.807, 2.05) is 51.1 Å². The summed E-state index contributed by atoms with van der Waals surface area (Å²) in [7, 11) is -1.47. The number of sulfonamides is 1. The lowest BCUT2D eigenvalue weighted by Gasteiger charge is -2.20. The molecule has 0 aliphatic rings. The third-order valence-electron chi connectivity index (χ3n) is 12.3. The maximum absolute atomic E-state index is 12.5. The van der Waals surface area contributed by atoms with E-state index in [1.54, 1.807) is 153 Å². The van der Waals surface area contributed by atoms with Gasteiger partial charge in [-0.25, -0.2) is 52.2 Å². The van der Waals surface area contributed by atoms with Gasteiger partial charge in [0.1, 0.15) is 45.7 Å². The molecule has 0 unspecified atom stereocenters. The van der Waals surface area contributed by atoms with Crippen LogP contribution >= 0.6 is 69.6 Å². The molecule has 7 aromatic heterocycles. The first kappa shape index (κ1) is 76.9. The Morgan fingerprint density at radius 3 is 1.36 bits per heavy atom. The van der Waals surface area contributed by atoms with Crippen LogP contribution in [0.5, 0.6) is 0 Å². The van der Waals surface area contributed by atoms with E-state index in [9.17, 15) is 22.4 Å². The zero-order valence-corrected chi connectivity index (χ0v) is 59.4. The Balaban J connectivity index is 0.000000170. The van der Waals surface area contributed by atoms with E-state index in [4.69, 9.17) is 74.3 Å². The number of alkyl carbamates (subject to hydrolysis) is 1. The van der Waals surface area contributed by atoms with Crippen LogP contribution in [0.15, 0.2) is 184 Å². The highest BCUT2D eigenvalue weighted by molar-refractivity contribution is 7.88. The topological polar surface area (TPSA) is 373 Å². The fourth-order valence-electron chi connectivity index (χ4n) is 7.88. The third kappa shape index (κ3) is 28.9. The van der Waals surface area contributed by atoms with Gasteiger partial charge in [0.05, 0.1) is 97.0 Å². The van der Waals surface area contributed by atoms with Gasteiger partial charge in [-0.3, -0.25) is 9.48 Å². The van der Waals surface area contributed by atoms with Gasteiger partial charge >= 0.3 is 6.09 Å². The first-order valence-corrected chi connectivity index (χ1v) is 33.7. The van der Waals surface area contributed by atoms with Gasteiger partial charge in [-0.2, -0.15) is 0 Å². The number of amides is 2. The van der Waals surface area contributed by atoms with E-state index in [0.717, 1.165) is 80.3 Å². The van der Waals surface area contributed by atoms with Crippen LogP contribution in [0.2, 0.25) is 30.3 Å². The normalized spacial score (nSPS) is 10.6. The molecule has 5 aromatic carbocycles. The number of ether oxygens (including phenoxy) is 1. The number of hydrogen-bond acceptors (Lipinski definition) is 19. The number of halogens is 7. The molecule has 0 aliphatic heterocycles. The molecule has 28 nitrogen and oxygen atoms in total. The molecule has 0 fully saturated rings. The molecule has 0 atom stereocenters. The summed E-state index contributed by atoms with van der Waals surface area (Å²) in [5.41, 5.74) is 6.89. The lowest BCUT2D eigenvalue weighted by Crippen LogP contribution is -2.32. The van der Waals surface area contributed by atoms with Crippen molar-refractivity contribution in [2.75, 3.05) is 38.2 Å². The van der Waals surface area contributed by atoms with Crippen molar-refractivity contribution in [2.24, 2.45) is 7.05 Å². The van der Waals surface area contributed by atoms with Gasteiger partial charge in [0.15, 0.2) is 5.82 Å². The number of anilines is 12. The molecule has 100 heavy (non-hydrogen) atoms. The number of aromatic amines is 5. The van der Waals surface area contributed by atoms with Crippen LogP contribution in [0.4, 0.5) is 78.2 Å². The van der Waals surface area contributed by atoms with E-state index in [-0.39, 0.29) is 24.8 Å². The zero-order valence-electron chi connectivity index (χ0n) is 54.1. The number of carbonyl (C=O) groups excluding carboxylic acids is 2. The maximum atomic E-state index is 12.5. The predicted molar refractivity (Wildman–Crippen MR) is 392 cm³/mol. The molecule has 14 N–H and O–H groups in total. The predicted octanol–water partition coefficient (Wildman–Crippen LogP) is 15.5. The number of nitrogens with one attached hydrogen (secondary N) is 14. The molecule has 12 rings (SSSR count). The number of carbonyl (C=O) groups is 2. The van der Waals surface area contributed by atoms with E-state index in [1.165, 1.54) is 19.1 Å². The summed E-state index contributed by atoms with van der Waals surface area (Å²) in [6, 6.07) is 31.1. The lowest BCUT2D eigenvalue weighted by atomic mass is 10.1. The van der Waals surface area contributed by atoms with Gasteiger partial charge in [-0.1, -0.05) is 74.8 Å². The SMILES string of the molecule is CC(=O)NCc1cc(Cl)ccc1Nc1cnc[nH]1.CS(=O)(=O)NCc1cc(Cl)ccc1Nc1cnc[nH]1.Clc1ccc(Nc2cnc[nH]2)cc1Cl.Clc1ccc(Nc2cnc[nH]2)cn1.Cn1cc(Nc2ccc(Cl)cc2CNC(=O)OC(C)(C)C)nn1.Fc1ccc(Nc2cnc[nH]2)cc1. The Hall–Kier alpha value is -10.4. The second-order valence-corrected chi connectivity index (χ2v) is 26.0. The number of H-pyrrole nitrogens is 5. The molecule has 7 heterocycles. The van der Waals surface area contributed by atoms with Crippen LogP contribution in [-0.4, -0.2) is 102 Å². The van der Waals surface area contributed by atoms with Crippen molar-refractivity contribution in [2.45, 2.75) is 52.9 Å². The summed E-state index contributed by atoms with van der Waals surface area (Å²) in [6.07, 6.45) is 20.3. The largest absolute Gasteiger partial charge is 0.444 e. The summed E-state index contributed by atoms with van der Waals surface area (Å²) in [6.45, 7) is 7.78. The lowest BCUT2D eigenvalue weighted by molar-refractivity contribution is -0.119. The monoisotopic (exact) mass is 1500 g/mol. The minimum Gasteiger partial charge on any atom is -0.444 e. The van der Waals surface area contributed by atoms with Crippen molar-refractivity contribution in [3.05, 3.63) is 237 Å². The molecule has 12 aromatic rings. The van der Waals surface area contributed by atoms with Crippen LogP contribution in [-0.2, 0) is 46.2 Å². The van der Waals surface area contributed by atoms with E-state index in [2.05, 4.69) is 112 Å². The van der Waals surface area contributed by atoms with Crippen LogP contribution in [0, 0.1) is 5.82 Å². The summed E-state index contributed by atoms with van der Waals surface area (Å²) in [5.74, 6) is 4.19. The van der Waals surface area contributed by atoms with Crippen molar-refractivity contribution in [1.82, 2.24) is 85.2 Å². The molecule has 36 heteroatoms. The molecule has 2 amide bonds. The van der Waals surface area contributed by atoms with Crippen LogP contribution in [0.25, 0.3) is 0 Å². The smallest absolute Gasteiger partial charge is 0.407 e. The minimum absolute atomic E-state index is 0.0811. The molecule has 0 saturated heterocycles. The Morgan fingerprint density at radius 2 is 0.950 bits per heavy atom. The van der Waals surface area contributed by atoms with Gasteiger partial charge in [0, 0.05) is 77.1 Å². The maximum Gasteiger partial charge on any atom is 0.407 e. The number of rotatable bonds is 19. The fraction of sp³-hybridized carbons (Fsp3) is 0.156. The molecule has 0 aliphatic carbocycles. The second kappa shape index (κ2) is 38.6. The molecule has 0 bridgehead atoms. The molecule has 0 radical (unpaired) electrons. The Morgan fingerprint density at radius 1 is 0.520 bits per heavy atom. The van der Waals surface area contributed by atoms with E-state index in [0.29, 0.717) is 48.4 Å². The Kier molecular flexibility index (Phi) is 29.7. The van der Waals surface area contributed by atoms with Crippen molar-refractivity contribution in [3.8, 4) is 0 Å². The average molecular weight is 1500 g/mol. The first-order chi connectivity index (χ1) is 47.8. The minimum atomic E-state index is -3.25. The zero-order chi connectivity index (χ0) is 72.0. The first-order valence-electron chi connectivity index (χ1n) is 29.5. The highest BCUT2D eigenvalue weighted by Gasteiger charge is 2.17. The van der Waals surface area contributed by atoms with E-state index >= 15 is 0 Å². The number of aromatic nitrogens is 14. The van der Waals surface area contributed by atoms with Gasteiger partial charge in [0.2, 0.25) is 15.9 Å². The number of aryl methyl sites for hydroxylation is 1. The summed E-state index contributed by atoms with van der Waals surface area (Å²) in [5, 5.41) is 35.2. The van der Waals surface area contributed by atoms with Crippen LogP contribution in [0.1, 0.15) is 44.4 Å². The van der Waals surface area contributed by atoms with Gasteiger partial charge in [-0.15, -0.1) is 5.10 Å². The quantitative estimate of drug-likeness (QED) is 0.0334. The summed E-state index contributed by atoms with van der Waals surface area (Å²) >= 11 is 35.2. The van der Waals surface area contributed by atoms with Gasteiger partial charge in [-0.05, 0) is 147 Å². The van der Waals surface area contributed by atoms with Crippen molar-refractivity contribution in [1.29, 1.82) is 0 Å². The van der Waals surface area contributed by atoms with Crippen LogP contribution in [0.3, 0.4) is 0 Å². The van der Waals surface area contributed by atoms with Gasteiger partial charge in [0.25, 0.3) is 0 Å². The Labute approximate surface area is 604 Å². The molecular formula is C64H68Cl6FN23O5S. The van der Waals surface area contributed by atoms with Crippen LogP contribution < -0.4 is 47.3 Å². The summed E-state index contributed by atoms with van der Waals surface area (Å²) in [4.78, 5) is 60.7. The number of benzene rings is 5. The summed E-state index contributed by atoms with van der Waals surface area (Å²) < 4.78 is 44.0. The molecular weight excluding hydrogens is 1430 g/mol. The number of hydrogen-bond donors (Lipinski definition) is 14. The van der Waals surface area contributed by atoms with Crippen molar-refractivity contribution in [3.63, 3.8) is 0 Å². The Bertz CT molecular complexity index is 4460. The van der Waals surface area contributed by atoms with Gasteiger partial charge < -0.3 is 72.2 Å².